The quantitative estimate of drug-likeness (QED) is 0.771. The predicted molar refractivity (Wildman–Crippen MR) is 94.2 cm³/mol. The summed E-state index contributed by atoms with van der Waals surface area (Å²) in [7, 11) is -3.66. The lowest BCUT2D eigenvalue weighted by molar-refractivity contribution is -0.134. The summed E-state index contributed by atoms with van der Waals surface area (Å²) in [5.74, 6) is -0.882. The molecule has 25 heavy (non-hydrogen) atoms. The van der Waals surface area contributed by atoms with Gasteiger partial charge in [-0.15, -0.1) is 0 Å². The van der Waals surface area contributed by atoms with Gasteiger partial charge >= 0.3 is 0 Å². The summed E-state index contributed by atoms with van der Waals surface area (Å²) in [6.45, 7) is 4.47. The lowest BCUT2D eigenvalue weighted by atomic mass is 9.97. The first-order chi connectivity index (χ1) is 11.7. The first-order valence-electron chi connectivity index (χ1n) is 8.34. The topological polar surface area (TPSA) is 110 Å². The number of nitrogens with two attached hydrogens (primary N) is 1. The number of sulfonamides is 1. The molecule has 1 aliphatic heterocycles. The van der Waals surface area contributed by atoms with Gasteiger partial charge in [-0.25, -0.2) is 13.1 Å². The maximum absolute atomic E-state index is 12.4. The van der Waals surface area contributed by atoms with Crippen LogP contribution in [0.4, 0.5) is 0 Å². The van der Waals surface area contributed by atoms with Crippen molar-refractivity contribution >= 4 is 21.8 Å². The van der Waals surface area contributed by atoms with Crippen LogP contribution in [-0.4, -0.2) is 44.8 Å². The molecule has 3 N–H and O–H groups in total. The molecular formula is C17H25N3O4S. The molecule has 7 nitrogen and oxygen atoms in total. The minimum absolute atomic E-state index is 0.0201. The highest BCUT2D eigenvalue weighted by molar-refractivity contribution is 7.89. The molecule has 0 radical (unpaired) electrons. The molecule has 1 fully saturated rings. The maximum Gasteiger partial charge on any atom is 0.240 e. The highest BCUT2D eigenvalue weighted by Crippen LogP contribution is 2.18. The SMILES string of the molecule is Cc1ccc(C)c(S(=O)(=O)NCCC(=O)N2CCC[C@@H](C(N)=O)C2)c1. The van der Waals surface area contributed by atoms with Gasteiger partial charge in [-0.05, 0) is 43.9 Å². The highest BCUT2D eigenvalue weighted by atomic mass is 32.2. The Bertz CT molecular complexity index is 761. The lowest BCUT2D eigenvalue weighted by Crippen LogP contribution is -2.44. The number of primary amides is 1. The lowest BCUT2D eigenvalue weighted by Gasteiger charge is -2.31. The number of piperidine rings is 1. The third-order valence-electron chi connectivity index (χ3n) is 4.44. The smallest absolute Gasteiger partial charge is 0.240 e. The zero-order chi connectivity index (χ0) is 18.6. The first-order valence-corrected chi connectivity index (χ1v) is 9.83. The number of aryl methyl sites for hydroxylation is 2. The molecule has 0 bridgehead atoms. The molecule has 0 unspecified atom stereocenters. The summed E-state index contributed by atoms with van der Waals surface area (Å²) in [5.41, 5.74) is 6.82. The van der Waals surface area contributed by atoms with Gasteiger partial charge < -0.3 is 10.6 Å². The van der Waals surface area contributed by atoms with E-state index in [1.807, 2.05) is 13.0 Å². The van der Waals surface area contributed by atoms with Crippen LogP contribution in [0.1, 0.15) is 30.4 Å². The van der Waals surface area contributed by atoms with Crippen LogP contribution in [0.2, 0.25) is 0 Å². The summed E-state index contributed by atoms with van der Waals surface area (Å²) in [6.07, 6.45) is 1.47. The van der Waals surface area contributed by atoms with Gasteiger partial charge in [0.25, 0.3) is 0 Å². The van der Waals surface area contributed by atoms with Crippen molar-refractivity contribution in [2.24, 2.45) is 11.7 Å². The number of likely N-dealkylation sites (tertiary alicyclic amines) is 1. The fraction of sp³-hybridized carbons (Fsp3) is 0.529. The van der Waals surface area contributed by atoms with Crippen LogP contribution in [0.5, 0.6) is 0 Å². The van der Waals surface area contributed by atoms with Gasteiger partial charge in [-0.3, -0.25) is 9.59 Å². The molecule has 1 atom stereocenters. The van der Waals surface area contributed by atoms with Crippen molar-refractivity contribution in [2.45, 2.75) is 38.0 Å². The summed E-state index contributed by atoms with van der Waals surface area (Å²) in [6, 6.07) is 5.22. The molecule has 1 saturated heterocycles. The van der Waals surface area contributed by atoms with Crippen molar-refractivity contribution in [1.82, 2.24) is 9.62 Å². The zero-order valence-electron chi connectivity index (χ0n) is 14.6. The number of hydrogen-bond acceptors (Lipinski definition) is 4. The summed E-state index contributed by atoms with van der Waals surface area (Å²) in [5, 5.41) is 0. The minimum Gasteiger partial charge on any atom is -0.369 e. The Morgan fingerprint density at radius 3 is 2.72 bits per heavy atom. The van der Waals surface area contributed by atoms with Crippen LogP contribution in [0.15, 0.2) is 23.1 Å². The molecule has 2 amide bonds. The number of carbonyl (C=O) groups is 2. The van der Waals surface area contributed by atoms with Gasteiger partial charge in [0.1, 0.15) is 0 Å². The second-order valence-corrected chi connectivity index (χ2v) is 8.23. The van der Waals surface area contributed by atoms with Crippen molar-refractivity contribution in [3.63, 3.8) is 0 Å². The van der Waals surface area contributed by atoms with E-state index in [1.54, 1.807) is 24.0 Å². The van der Waals surface area contributed by atoms with Crippen LogP contribution in [0.3, 0.4) is 0 Å². The number of amides is 2. The summed E-state index contributed by atoms with van der Waals surface area (Å²) in [4.78, 5) is 25.3. The van der Waals surface area contributed by atoms with Crippen LogP contribution >= 0.6 is 0 Å². The van der Waals surface area contributed by atoms with E-state index < -0.39 is 15.9 Å². The molecular weight excluding hydrogens is 342 g/mol. The van der Waals surface area contributed by atoms with Gasteiger partial charge in [-0.1, -0.05) is 12.1 Å². The number of nitrogens with one attached hydrogen (secondary N) is 1. The van der Waals surface area contributed by atoms with Gasteiger partial charge in [0.15, 0.2) is 0 Å². The second-order valence-electron chi connectivity index (χ2n) is 6.50. The Hall–Kier alpha value is -1.93. The van der Waals surface area contributed by atoms with Gasteiger partial charge in [0.05, 0.1) is 10.8 Å². The van der Waals surface area contributed by atoms with E-state index >= 15 is 0 Å². The number of hydrogen-bond donors (Lipinski definition) is 2. The Morgan fingerprint density at radius 1 is 1.32 bits per heavy atom. The van der Waals surface area contributed by atoms with Crippen molar-refractivity contribution in [2.75, 3.05) is 19.6 Å². The van der Waals surface area contributed by atoms with E-state index in [-0.39, 0.29) is 29.7 Å². The fourth-order valence-corrected chi connectivity index (χ4v) is 4.32. The Kier molecular flexibility index (Phi) is 6.18. The predicted octanol–water partition coefficient (Wildman–Crippen LogP) is 0.696. The summed E-state index contributed by atoms with van der Waals surface area (Å²) >= 11 is 0. The molecule has 1 aliphatic rings. The molecule has 0 aromatic heterocycles. The van der Waals surface area contributed by atoms with E-state index in [1.165, 1.54) is 0 Å². The molecule has 2 rings (SSSR count). The van der Waals surface area contributed by atoms with Crippen LogP contribution in [0.25, 0.3) is 0 Å². The number of carbonyl (C=O) groups excluding carboxylic acids is 2. The molecule has 1 aromatic carbocycles. The van der Waals surface area contributed by atoms with E-state index in [0.29, 0.717) is 25.1 Å². The van der Waals surface area contributed by atoms with Crippen LogP contribution < -0.4 is 10.5 Å². The standard InChI is InChI=1S/C17H25N3O4S/c1-12-5-6-13(2)15(10-12)25(23,24)19-8-7-16(21)20-9-3-4-14(11-20)17(18)22/h5-6,10,14,19H,3-4,7-9,11H2,1-2H3,(H2,18,22)/t14-/m1/s1. The van der Waals surface area contributed by atoms with E-state index in [0.717, 1.165) is 12.0 Å². The Morgan fingerprint density at radius 2 is 2.04 bits per heavy atom. The van der Waals surface area contributed by atoms with Crippen molar-refractivity contribution in [3.05, 3.63) is 29.3 Å². The number of nitrogens with zero attached hydrogens (tertiary/aromatic N) is 1. The van der Waals surface area contributed by atoms with E-state index in [2.05, 4.69) is 4.72 Å². The largest absolute Gasteiger partial charge is 0.369 e. The molecule has 138 valence electrons. The fourth-order valence-electron chi connectivity index (χ4n) is 2.96. The third kappa shape index (κ3) is 5.02. The van der Waals surface area contributed by atoms with Crippen LogP contribution in [-0.2, 0) is 19.6 Å². The molecule has 0 saturated carbocycles. The van der Waals surface area contributed by atoms with Crippen molar-refractivity contribution in [3.8, 4) is 0 Å². The molecule has 0 spiro atoms. The van der Waals surface area contributed by atoms with Crippen molar-refractivity contribution < 1.29 is 18.0 Å². The maximum atomic E-state index is 12.4. The Balaban J connectivity index is 1.92. The van der Waals surface area contributed by atoms with Gasteiger partial charge in [0.2, 0.25) is 21.8 Å². The third-order valence-corrected chi connectivity index (χ3v) is 6.04. The first kappa shape index (κ1) is 19.4. The van der Waals surface area contributed by atoms with Crippen molar-refractivity contribution in [1.29, 1.82) is 0 Å². The second kappa shape index (κ2) is 7.97. The van der Waals surface area contributed by atoms with E-state index in [4.69, 9.17) is 5.73 Å². The normalized spacial score (nSPS) is 18.2. The molecule has 0 aliphatic carbocycles. The Labute approximate surface area is 148 Å². The average molecular weight is 367 g/mol. The molecule has 8 heteroatoms. The van der Waals surface area contributed by atoms with Gasteiger partial charge in [0, 0.05) is 26.1 Å². The number of rotatable bonds is 6. The zero-order valence-corrected chi connectivity index (χ0v) is 15.4. The number of benzene rings is 1. The molecule has 1 aromatic rings. The van der Waals surface area contributed by atoms with E-state index in [9.17, 15) is 18.0 Å². The summed E-state index contributed by atoms with van der Waals surface area (Å²) < 4.78 is 27.3. The average Bonchev–Trinajstić information content (AvgIpc) is 2.56. The molecule has 1 heterocycles. The monoisotopic (exact) mass is 367 g/mol. The highest BCUT2D eigenvalue weighted by Gasteiger charge is 2.27. The van der Waals surface area contributed by atoms with Gasteiger partial charge in [-0.2, -0.15) is 0 Å². The van der Waals surface area contributed by atoms with Crippen LogP contribution in [0, 0.1) is 19.8 Å². The minimum atomic E-state index is -3.66.